The van der Waals surface area contributed by atoms with E-state index in [-0.39, 0.29) is 31.1 Å². The van der Waals surface area contributed by atoms with E-state index in [0.717, 1.165) is 75.5 Å². The van der Waals surface area contributed by atoms with Crippen molar-refractivity contribution in [2.75, 3.05) is 13.2 Å². The van der Waals surface area contributed by atoms with Crippen LogP contribution in [0.5, 0.6) is 0 Å². The number of carbonyl (C=O) groups excluding carboxylic acids is 3. The molecule has 0 spiro atoms. The van der Waals surface area contributed by atoms with Crippen LogP contribution in [-0.4, -0.2) is 37.2 Å². The molecule has 0 bridgehead atoms. The number of rotatable bonds is 60. The molecule has 0 heterocycles. The summed E-state index contributed by atoms with van der Waals surface area (Å²) in [7, 11) is 0. The molecule has 6 heteroatoms. The monoisotopic (exact) mass is 1030 g/mol. The topological polar surface area (TPSA) is 78.9 Å². The van der Waals surface area contributed by atoms with E-state index < -0.39 is 6.10 Å². The van der Waals surface area contributed by atoms with E-state index in [1.807, 2.05) is 0 Å². The Morgan fingerprint density at radius 2 is 0.479 bits per heavy atom. The van der Waals surface area contributed by atoms with Gasteiger partial charge in [-0.1, -0.05) is 337 Å². The fraction of sp³-hybridized carbons (Fsp3) is 0.955. The third-order valence-corrected chi connectivity index (χ3v) is 15.8. The first-order chi connectivity index (χ1) is 35.6. The van der Waals surface area contributed by atoms with Crippen molar-refractivity contribution in [2.24, 2.45) is 17.8 Å². The molecule has 0 aliphatic heterocycles. The van der Waals surface area contributed by atoms with Crippen molar-refractivity contribution < 1.29 is 28.6 Å². The average Bonchev–Trinajstić information content (AvgIpc) is 3.37. The second-order valence-electron chi connectivity index (χ2n) is 24.3. The Bertz CT molecular complexity index is 1130. The normalized spacial score (nSPS) is 12.5. The van der Waals surface area contributed by atoms with Crippen LogP contribution in [-0.2, 0) is 28.6 Å². The highest BCUT2D eigenvalue weighted by Gasteiger charge is 2.20. The molecule has 0 rings (SSSR count). The van der Waals surface area contributed by atoms with Crippen molar-refractivity contribution in [3.05, 3.63) is 0 Å². The van der Waals surface area contributed by atoms with E-state index in [2.05, 4.69) is 41.5 Å². The molecule has 73 heavy (non-hydrogen) atoms. The van der Waals surface area contributed by atoms with E-state index in [9.17, 15) is 14.4 Å². The number of esters is 3. The molecular weight excluding hydrogens is 901 g/mol. The summed E-state index contributed by atoms with van der Waals surface area (Å²) in [5, 5.41) is 0. The molecule has 2 atom stereocenters. The molecule has 0 aromatic rings. The summed E-state index contributed by atoms with van der Waals surface area (Å²) in [5.41, 5.74) is 0. The summed E-state index contributed by atoms with van der Waals surface area (Å²) in [6.07, 6.45) is 64.0. The molecular formula is C67H130O6. The largest absolute Gasteiger partial charge is 0.462 e. The maximum absolute atomic E-state index is 12.9. The molecule has 0 amide bonds. The molecule has 0 saturated carbocycles. The predicted molar refractivity (Wildman–Crippen MR) is 316 cm³/mol. The molecule has 0 aromatic heterocycles. The van der Waals surface area contributed by atoms with Gasteiger partial charge in [-0.3, -0.25) is 14.4 Å². The van der Waals surface area contributed by atoms with Crippen molar-refractivity contribution >= 4 is 17.9 Å². The average molecular weight is 1030 g/mol. The summed E-state index contributed by atoms with van der Waals surface area (Å²) in [6.45, 7) is 13.8. The first kappa shape index (κ1) is 71.4. The van der Waals surface area contributed by atoms with Gasteiger partial charge in [0.1, 0.15) is 13.2 Å². The Hall–Kier alpha value is -1.59. The number of carbonyl (C=O) groups is 3. The van der Waals surface area contributed by atoms with E-state index in [4.69, 9.17) is 14.2 Å². The molecule has 434 valence electrons. The highest BCUT2D eigenvalue weighted by Crippen LogP contribution is 2.20. The summed E-state index contributed by atoms with van der Waals surface area (Å²) in [6, 6.07) is 0. The molecule has 0 fully saturated rings. The summed E-state index contributed by atoms with van der Waals surface area (Å²) >= 11 is 0. The van der Waals surface area contributed by atoms with Crippen molar-refractivity contribution in [1.29, 1.82) is 0 Å². The first-order valence-electron chi connectivity index (χ1n) is 33.1. The molecule has 0 radical (unpaired) electrons. The van der Waals surface area contributed by atoms with Crippen LogP contribution in [0.2, 0.25) is 0 Å². The van der Waals surface area contributed by atoms with Gasteiger partial charge in [-0.25, -0.2) is 0 Å². The fourth-order valence-corrected chi connectivity index (χ4v) is 10.4. The Balaban J connectivity index is 4.22. The lowest BCUT2D eigenvalue weighted by Crippen LogP contribution is -2.30. The Labute approximate surface area is 457 Å². The van der Waals surface area contributed by atoms with Crippen LogP contribution >= 0.6 is 0 Å². The van der Waals surface area contributed by atoms with Crippen LogP contribution in [0.1, 0.15) is 375 Å². The van der Waals surface area contributed by atoms with Gasteiger partial charge in [0.15, 0.2) is 6.10 Å². The van der Waals surface area contributed by atoms with Crippen molar-refractivity contribution in [3.8, 4) is 0 Å². The van der Waals surface area contributed by atoms with Crippen molar-refractivity contribution in [1.82, 2.24) is 0 Å². The lowest BCUT2D eigenvalue weighted by molar-refractivity contribution is -0.167. The van der Waals surface area contributed by atoms with Gasteiger partial charge in [0.05, 0.1) is 0 Å². The summed E-state index contributed by atoms with van der Waals surface area (Å²) < 4.78 is 17.0. The third-order valence-electron chi connectivity index (χ3n) is 15.8. The second-order valence-corrected chi connectivity index (χ2v) is 24.3. The third kappa shape index (κ3) is 59.5. The minimum atomic E-state index is -0.765. The smallest absolute Gasteiger partial charge is 0.306 e. The maximum atomic E-state index is 12.9. The predicted octanol–water partition coefficient (Wildman–Crippen LogP) is 22.2. The fourth-order valence-electron chi connectivity index (χ4n) is 10.4. The SMILES string of the molecule is CCC(C)CCCCCCCCCCCCCCCCCCCCC(=O)O[C@H](COC(=O)CCCCCCCCCCCCCCCCCCCCC(C)C)COC(=O)CCCCCCCCCCCC(C)C. The molecule has 0 aromatic carbocycles. The molecule has 0 N–H and O–H groups in total. The van der Waals surface area contributed by atoms with Gasteiger partial charge in [-0.05, 0) is 37.0 Å². The van der Waals surface area contributed by atoms with E-state index in [1.165, 1.54) is 257 Å². The van der Waals surface area contributed by atoms with Gasteiger partial charge >= 0.3 is 17.9 Å². The van der Waals surface area contributed by atoms with Gasteiger partial charge in [0, 0.05) is 19.3 Å². The molecule has 1 unspecified atom stereocenters. The lowest BCUT2D eigenvalue weighted by Gasteiger charge is -2.18. The van der Waals surface area contributed by atoms with Gasteiger partial charge in [-0.15, -0.1) is 0 Å². The number of unbranched alkanes of at least 4 members (excludes halogenated alkanes) is 42. The van der Waals surface area contributed by atoms with Crippen LogP contribution in [0.3, 0.4) is 0 Å². The van der Waals surface area contributed by atoms with E-state index >= 15 is 0 Å². The summed E-state index contributed by atoms with van der Waals surface area (Å²) in [5.74, 6) is 1.74. The van der Waals surface area contributed by atoms with Gasteiger partial charge in [0.25, 0.3) is 0 Å². The second kappa shape index (κ2) is 58.1. The highest BCUT2D eigenvalue weighted by molar-refractivity contribution is 5.71. The Morgan fingerprint density at radius 1 is 0.274 bits per heavy atom. The maximum Gasteiger partial charge on any atom is 0.306 e. The number of ether oxygens (including phenoxy) is 3. The van der Waals surface area contributed by atoms with E-state index in [1.54, 1.807) is 0 Å². The van der Waals surface area contributed by atoms with Crippen LogP contribution in [0, 0.1) is 17.8 Å². The van der Waals surface area contributed by atoms with Crippen molar-refractivity contribution in [3.63, 3.8) is 0 Å². The molecule has 0 aliphatic rings. The van der Waals surface area contributed by atoms with Gasteiger partial charge in [-0.2, -0.15) is 0 Å². The zero-order valence-electron chi connectivity index (χ0n) is 50.4. The Morgan fingerprint density at radius 3 is 0.712 bits per heavy atom. The summed E-state index contributed by atoms with van der Waals surface area (Å²) in [4.78, 5) is 38.3. The standard InChI is InChI=1S/C67H130O6/c1-7-63(6)55-49-43-37-31-25-21-17-13-9-11-15-19-23-27-33-40-46-52-58-67(70)73-64(60-72-66(69)57-51-45-39-34-28-30-36-42-48-54-62(4)5)59-71-65(68)56-50-44-38-32-26-22-18-14-10-8-12-16-20-24-29-35-41-47-53-61(2)3/h61-64H,7-60H2,1-6H3/t63?,64-/m1/s1. The van der Waals surface area contributed by atoms with Gasteiger partial charge < -0.3 is 14.2 Å². The Kier molecular flexibility index (Phi) is 56.8. The number of hydrogen-bond donors (Lipinski definition) is 0. The lowest BCUT2D eigenvalue weighted by atomic mass is 9.99. The minimum absolute atomic E-state index is 0.0627. The molecule has 6 nitrogen and oxygen atoms in total. The molecule has 0 saturated heterocycles. The molecule has 0 aliphatic carbocycles. The van der Waals surface area contributed by atoms with Crippen LogP contribution in [0.15, 0.2) is 0 Å². The highest BCUT2D eigenvalue weighted by atomic mass is 16.6. The van der Waals surface area contributed by atoms with E-state index in [0.29, 0.717) is 19.3 Å². The number of hydrogen-bond acceptors (Lipinski definition) is 6. The quantitative estimate of drug-likeness (QED) is 0.0343. The first-order valence-corrected chi connectivity index (χ1v) is 33.1. The van der Waals surface area contributed by atoms with Crippen LogP contribution in [0.4, 0.5) is 0 Å². The zero-order valence-corrected chi connectivity index (χ0v) is 50.4. The van der Waals surface area contributed by atoms with Crippen LogP contribution in [0.25, 0.3) is 0 Å². The van der Waals surface area contributed by atoms with Crippen LogP contribution < -0.4 is 0 Å². The minimum Gasteiger partial charge on any atom is -0.462 e. The van der Waals surface area contributed by atoms with Gasteiger partial charge in [0.2, 0.25) is 0 Å². The zero-order chi connectivity index (χ0) is 53.3. The van der Waals surface area contributed by atoms with Crippen molar-refractivity contribution in [2.45, 2.75) is 382 Å².